The van der Waals surface area contributed by atoms with E-state index in [1.165, 1.54) is 31.3 Å². The van der Waals surface area contributed by atoms with Gasteiger partial charge >= 0.3 is 6.03 Å². The first-order valence-electron chi connectivity index (χ1n) is 6.73. The first-order valence-corrected chi connectivity index (χ1v) is 6.73. The first kappa shape index (κ1) is 15.0. The molecule has 1 saturated heterocycles. The SMILES string of the molecule is CN1C(=O)C2C(=Nc3cc(F)ccc3F)C=CN=C2N(C)C1=O. The van der Waals surface area contributed by atoms with Crippen LogP contribution in [-0.2, 0) is 4.79 Å². The number of rotatable bonds is 1. The van der Waals surface area contributed by atoms with Crippen molar-refractivity contribution in [3.05, 3.63) is 42.1 Å². The fourth-order valence-corrected chi connectivity index (χ4v) is 2.43. The molecule has 2 heterocycles. The van der Waals surface area contributed by atoms with E-state index in [1.807, 2.05) is 0 Å². The maximum atomic E-state index is 13.8. The van der Waals surface area contributed by atoms with E-state index in [9.17, 15) is 18.4 Å². The quantitative estimate of drug-likeness (QED) is 0.796. The summed E-state index contributed by atoms with van der Waals surface area (Å²) in [6, 6.07) is 2.36. The summed E-state index contributed by atoms with van der Waals surface area (Å²) in [5.41, 5.74) is -0.0309. The predicted octanol–water partition coefficient (Wildman–Crippen LogP) is 2.10. The Bertz CT molecular complexity index is 801. The number of halogens is 2. The van der Waals surface area contributed by atoms with Crippen LogP contribution >= 0.6 is 0 Å². The molecule has 1 fully saturated rings. The molecule has 3 rings (SSSR count). The zero-order valence-corrected chi connectivity index (χ0v) is 12.3. The second kappa shape index (κ2) is 5.38. The van der Waals surface area contributed by atoms with Crippen LogP contribution in [0.5, 0.6) is 0 Å². The van der Waals surface area contributed by atoms with Crippen molar-refractivity contribution in [3.63, 3.8) is 0 Å². The number of nitrogens with zero attached hydrogens (tertiary/aromatic N) is 4. The minimum absolute atomic E-state index is 0.190. The summed E-state index contributed by atoms with van der Waals surface area (Å²) >= 11 is 0. The van der Waals surface area contributed by atoms with Crippen LogP contribution in [0.25, 0.3) is 0 Å². The lowest BCUT2D eigenvalue weighted by Crippen LogP contribution is -2.59. The van der Waals surface area contributed by atoms with Gasteiger partial charge in [0.1, 0.15) is 29.1 Å². The number of aliphatic imine (C=N–C) groups is 2. The summed E-state index contributed by atoms with van der Waals surface area (Å²) in [7, 11) is 2.83. The van der Waals surface area contributed by atoms with E-state index in [-0.39, 0.29) is 17.2 Å². The summed E-state index contributed by atoms with van der Waals surface area (Å²) in [5, 5.41) is 0. The largest absolute Gasteiger partial charge is 0.331 e. The van der Waals surface area contributed by atoms with Crippen LogP contribution in [0, 0.1) is 17.6 Å². The third-order valence-electron chi connectivity index (χ3n) is 3.66. The molecule has 8 heteroatoms. The van der Waals surface area contributed by atoms with Crippen LogP contribution in [-0.4, -0.2) is 47.4 Å². The molecule has 2 aliphatic heterocycles. The van der Waals surface area contributed by atoms with E-state index in [0.717, 1.165) is 23.1 Å². The Labute approximate surface area is 130 Å². The molecule has 0 radical (unpaired) electrons. The summed E-state index contributed by atoms with van der Waals surface area (Å²) in [5.74, 6) is -2.60. The Kier molecular flexibility index (Phi) is 3.51. The van der Waals surface area contributed by atoms with Gasteiger partial charge in [0, 0.05) is 26.4 Å². The molecule has 0 aromatic heterocycles. The van der Waals surface area contributed by atoms with Gasteiger partial charge in [-0.25, -0.2) is 23.6 Å². The van der Waals surface area contributed by atoms with Crippen LogP contribution in [0.1, 0.15) is 0 Å². The lowest BCUT2D eigenvalue weighted by molar-refractivity contribution is -0.128. The second-order valence-corrected chi connectivity index (χ2v) is 5.11. The van der Waals surface area contributed by atoms with Crippen molar-refractivity contribution in [3.8, 4) is 0 Å². The van der Waals surface area contributed by atoms with Gasteiger partial charge in [-0.1, -0.05) is 0 Å². The number of allylic oxidation sites excluding steroid dienone is 1. The number of hydrogen-bond donors (Lipinski definition) is 0. The lowest BCUT2D eigenvalue weighted by Gasteiger charge is -2.36. The zero-order chi connectivity index (χ0) is 16.7. The maximum Gasteiger partial charge on any atom is 0.331 e. The van der Waals surface area contributed by atoms with Gasteiger partial charge in [-0.05, 0) is 18.2 Å². The molecule has 0 saturated carbocycles. The first-order chi connectivity index (χ1) is 10.9. The van der Waals surface area contributed by atoms with Crippen molar-refractivity contribution in [2.24, 2.45) is 15.9 Å². The van der Waals surface area contributed by atoms with Crippen LogP contribution in [0.15, 0.2) is 40.5 Å². The highest BCUT2D eigenvalue weighted by Crippen LogP contribution is 2.26. The molecular weight excluding hydrogens is 306 g/mol. The van der Waals surface area contributed by atoms with Gasteiger partial charge in [0.25, 0.3) is 0 Å². The number of imide groups is 1. The summed E-state index contributed by atoms with van der Waals surface area (Å²) in [6.07, 6.45) is 2.80. The molecule has 0 N–H and O–H groups in total. The van der Waals surface area contributed by atoms with Crippen molar-refractivity contribution in [2.45, 2.75) is 0 Å². The van der Waals surface area contributed by atoms with Crippen molar-refractivity contribution in [1.29, 1.82) is 0 Å². The number of benzene rings is 1. The molecule has 1 unspecified atom stereocenters. The smallest absolute Gasteiger partial charge is 0.284 e. The van der Waals surface area contributed by atoms with E-state index in [2.05, 4.69) is 9.98 Å². The zero-order valence-electron chi connectivity index (χ0n) is 12.3. The van der Waals surface area contributed by atoms with Gasteiger partial charge in [0.15, 0.2) is 0 Å². The van der Waals surface area contributed by atoms with Gasteiger partial charge in [0.2, 0.25) is 5.91 Å². The Hall–Kier alpha value is -2.90. The molecule has 2 aliphatic rings. The van der Waals surface area contributed by atoms with E-state index in [4.69, 9.17) is 0 Å². The van der Waals surface area contributed by atoms with Gasteiger partial charge in [-0.2, -0.15) is 0 Å². The Morgan fingerprint density at radius 3 is 2.65 bits per heavy atom. The maximum absolute atomic E-state index is 13.8. The molecule has 118 valence electrons. The molecule has 0 spiro atoms. The molecule has 0 aliphatic carbocycles. The highest BCUT2D eigenvalue weighted by Gasteiger charge is 2.43. The minimum Gasteiger partial charge on any atom is -0.284 e. The van der Waals surface area contributed by atoms with Crippen molar-refractivity contribution < 1.29 is 18.4 Å². The molecule has 1 aromatic carbocycles. The average molecular weight is 318 g/mol. The number of urea groups is 1. The van der Waals surface area contributed by atoms with Crippen molar-refractivity contribution >= 4 is 29.2 Å². The number of carbonyl (C=O) groups is 2. The van der Waals surface area contributed by atoms with E-state index < -0.39 is 29.5 Å². The number of amidine groups is 1. The fourth-order valence-electron chi connectivity index (χ4n) is 2.43. The van der Waals surface area contributed by atoms with E-state index in [0.29, 0.717) is 0 Å². The number of carbonyl (C=O) groups excluding carboxylic acids is 2. The fraction of sp³-hybridized carbons (Fsp3) is 0.200. The minimum atomic E-state index is -0.935. The van der Waals surface area contributed by atoms with E-state index in [1.54, 1.807) is 0 Å². The standard InChI is InChI=1S/C15H12F2N4O2/c1-20-13-12(14(22)21(2)15(20)23)10(5-6-18-13)19-11-7-8(16)3-4-9(11)17/h3-7,12H,1-2H3. The molecule has 6 nitrogen and oxygen atoms in total. The third kappa shape index (κ3) is 2.41. The monoisotopic (exact) mass is 318 g/mol. The summed E-state index contributed by atoms with van der Waals surface area (Å²) in [6.45, 7) is 0. The van der Waals surface area contributed by atoms with E-state index >= 15 is 0 Å². The van der Waals surface area contributed by atoms with Gasteiger partial charge in [0.05, 0.1) is 5.71 Å². The van der Waals surface area contributed by atoms with Crippen molar-refractivity contribution in [1.82, 2.24) is 9.80 Å². The molecule has 23 heavy (non-hydrogen) atoms. The molecule has 3 amide bonds. The predicted molar refractivity (Wildman–Crippen MR) is 79.4 cm³/mol. The normalized spacial score (nSPS) is 22.5. The van der Waals surface area contributed by atoms with Crippen molar-refractivity contribution in [2.75, 3.05) is 14.1 Å². The summed E-state index contributed by atoms with van der Waals surface area (Å²) in [4.78, 5) is 34.6. The highest BCUT2D eigenvalue weighted by molar-refractivity contribution is 6.32. The van der Waals surface area contributed by atoms with Gasteiger partial charge in [-0.15, -0.1) is 0 Å². The molecule has 0 bridgehead atoms. The average Bonchev–Trinajstić information content (AvgIpc) is 2.54. The van der Waals surface area contributed by atoms with Crippen LogP contribution in [0.4, 0.5) is 19.3 Å². The number of amides is 3. The molecule has 1 atom stereocenters. The molecular formula is C15H12F2N4O2. The van der Waals surface area contributed by atoms with Crippen LogP contribution < -0.4 is 0 Å². The second-order valence-electron chi connectivity index (χ2n) is 5.11. The lowest BCUT2D eigenvalue weighted by atomic mass is 9.95. The Morgan fingerprint density at radius 2 is 1.91 bits per heavy atom. The number of fused-ring (bicyclic) bond motifs is 1. The molecule has 1 aromatic rings. The van der Waals surface area contributed by atoms with Gasteiger partial charge in [-0.3, -0.25) is 14.6 Å². The Morgan fingerprint density at radius 1 is 1.17 bits per heavy atom. The highest BCUT2D eigenvalue weighted by atomic mass is 19.1. The Balaban J connectivity index is 2.08. The number of hydrogen-bond acceptors (Lipinski definition) is 4. The topological polar surface area (TPSA) is 65.3 Å². The van der Waals surface area contributed by atoms with Crippen LogP contribution in [0.2, 0.25) is 0 Å². The van der Waals surface area contributed by atoms with Gasteiger partial charge < -0.3 is 0 Å². The third-order valence-corrected chi connectivity index (χ3v) is 3.66. The van der Waals surface area contributed by atoms with Crippen LogP contribution in [0.3, 0.4) is 0 Å². The summed E-state index contributed by atoms with van der Waals surface area (Å²) < 4.78 is 27.1.